The van der Waals surface area contributed by atoms with Gasteiger partial charge >= 0.3 is 0 Å². The molecule has 2 N–H and O–H groups in total. The quantitative estimate of drug-likeness (QED) is 0.344. The van der Waals surface area contributed by atoms with Crippen molar-refractivity contribution in [2.45, 2.75) is 13.8 Å². The Kier molecular flexibility index (Phi) is 7.89. The summed E-state index contributed by atoms with van der Waals surface area (Å²) in [6.07, 6.45) is 1.40. The van der Waals surface area contributed by atoms with E-state index in [0.29, 0.717) is 23.7 Å². The van der Waals surface area contributed by atoms with E-state index in [4.69, 9.17) is 21.7 Å². The van der Waals surface area contributed by atoms with Crippen molar-refractivity contribution in [1.29, 1.82) is 0 Å². The van der Waals surface area contributed by atoms with Gasteiger partial charge in [0, 0.05) is 12.3 Å². The van der Waals surface area contributed by atoms with Gasteiger partial charge in [-0.05, 0) is 38.2 Å². The zero-order valence-corrected chi connectivity index (χ0v) is 17.5. The molecule has 1 heterocycles. The number of amides is 2. The van der Waals surface area contributed by atoms with Gasteiger partial charge in [-0.1, -0.05) is 0 Å². The lowest BCUT2D eigenvalue weighted by Crippen LogP contribution is -3.11. The lowest BCUT2D eigenvalue weighted by molar-refractivity contribution is -0.894. The molecule has 1 unspecified atom stereocenters. The highest BCUT2D eigenvalue weighted by Gasteiger charge is 2.39. The first-order valence-corrected chi connectivity index (χ1v) is 9.61. The Morgan fingerprint density at radius 2 is 1.96 bits per heavy atom. The van der Waals surface area contributed by atoms with Crippen LogP contribution < -0.4 is 24.6 Å². The van der Waals surface area contributed by atoms with Crippen LogP contribution in [0.2, 0.25) is 0 Å². The maximum absolute atomic E-state index is 13.0. The SMILES string of the molecule is CC[NH+](CC)CCN=CC1C(=O)NC(=S)N(c2cc(OC)ccc2OC)C1=O. The molecule has 0 radical (unpaired) electrons. The van der Waals surface area contributed by atoms with Crippen molar-refractivity contribution in [3.63, 3.8) is 0 Å². The second-order valence-electron chi connectivity index (χ2n) is 6.25. The van der Waals surface area contributed by atoms with Gasteiger partial charge in [0.15, 0.2) is 11.0 Å². The molecule has 0 aliphatic carbocycles. The molecule has 0 saturated carbocycles. The van der Waals surface area contributed by atoms with Crippen LogP contribution >= 0.6 is 12.2 Å². The minimum Gasteiger partial charge on any atom is -0.497 e. The second-order valence-corrected chi connectivity index (χ2v) is 6.63. The van der Waals surface area contributed by atoms with E-state index in [1.54, 1.807) is 18.2 Å². The Morgan fingerprint density at radius 1 is 1.25 bits per heavy atom. The van der Waals surface area contributed by atoms with Crippen LogP contribution in [0.15, 0.2) is 23.2 Å². The highest BCUT2D eigenvalue weighted by Crippen LogP contribution is 2.34. The first kappa shape index (κ1) is 21.8. The summed E-state index contributed by atoms with van der Waals surface area (Å²) in [5, 5.41) is 2.57. The number of quaternary nitrogens is 1. The smallest absolute Gasteiger partial charge is 0.251 e. The molecule has 0 aromatic heterocycles. The van der Waals surface area contributed by atoms with E-state index in [-0.39, 0.29) is 5.11 Å². The summed E-state index contributed by atoms with van der Waals surface area (Å²) < 4.78 is 10.6. The molecule has 1 saturated heterocycles. The van der Waals surface area contributed by atoms with Gasteiger partial charge in [0.1, 0.15) is 11.5 Å². The third-order valence-electron chi connectivity index (χ3n) is 4.68. The first-order chi connectivity index (χ1) is 13.5. The Hall–Kier alpha value is -2.52. The molecule has 2 rings (SSSR count). The fraction of sp³-hybridized carbons (Fsp3) is 0.474. The summed E-state index contributed by atoms with van der Waals surface area (Å²) in [5.74, 6) is -1.02. The molecule has 9 heteroatoms. The molecule has 1 aliphatic rings. The second kappa shape index (κ2) is 10.1. The number of hydrogen-bond donors (Lipinski definition) is 2. The Labute approximate surface area is 170 Å². The number of rotatable bonds is 9. The minimum atomic E-state index is -1.05. The van der Waals surface area contributed by atoms with Crippen LogP contribution in [-0.2, 0) is 9.59 Å². The average Bonchev–Trinajstić information content (AvgIpc) is 2.69. The molecule has 28 heavy (non-hydrogen) atoms. The highest BCUT2D eigenvalue weighted by molar-refractivity contribution is 7.80. The van der Waals surface area contributed by atoms with E-state index >= 15 is 0 Å². The number of nitrogens with one attached hydrogen (secondary N) is 2. The van der Waals surface area contributed by atoms with Crippen LogP contribution in [0.1, 0.15) is 13.8 Å². The summed E-state index contributed by atoms with van der Waals surface area (Å²) in [7, 11) is 3.02. The topological polar surface area (TPSA) is 84.7 Å². The summed E-state index contributed by atoms with van der Waals surface area (Å²) in [4.78, 5) is 32.3. The van der Waals surface area contributed by atoms with E-state index < -0.39 is 17.7 Å². The Bertz CT molecular complexity index is 764. The standard InChI is InChI=1S/C19H26N4O4S/c1-5-22(6-2)10-9-20-12-14-17(24)21-19(28)23(18(14)25)15-11-13(26-3)7-8-16(15)27-4/h7-8,11-12,14H,5-6,9-10H2,1-4H3,(H,21,24,28)/p+1. The zero-order valence-electron chi connectivity index (χ0n) is 16.7. The van der Waals surface area contributed by atoms with Crippen molar-refractivity contribution in [3.05, 3.63) is 18.2 Å². The van der Waals surface area contributed by atoms with Crippen molar-refractivity contribution in [2.24, 2.45) is 10.9 Å². The molecule has 0 spiro atoms. The predicted octanol–water partition coefficient (Wildman–Crippen LogP) is 0.0632. The predicted molar refractivity (Wildman–Crippen MR) is 112 cm³/mol. The third kappa shape index (κ3) is 4.85. The van der Waals surface area contributed by atoms with Gasteiger partial charge in [0.25, 0.3) is 5.91 Å². The number of benzene rings is 1. The average molecular weight is 408 g/mol. The van der Waals surface area contributed by atoms with E-state index in [1.165, 1.54) is 30.2 Å². The number of ether oxygens (including phenoxy) is 2. The van der Waals surface area contributed by atoms with Crippen LogP contribution in [0, 0.1) is 5.92 Å². The fourth-order valence-corrected chi connectivity index (χ4v) is 3.22. The van der Waals surface area contributed by atoms with Crippen LogP contribution in [0.25, 0.3) is 0 Å². The molecule has 152 valence electrons. The largest absolute Gasteiger partial charge is 0.497 e. The summed E-state index contributed by atoms with van der Waals surface area (Å²) >= 11 is 5.23. The van der Waals surface area contributed by atoms with E-state index in [1.807, 2.05) is 0 Å². The third-order valence-corrected chi connectivity index (χ3v) is 4.96. The number of carbonyl (C=O) groups excluding carboxylic acids is 2. The van der Waals surface area contributed by atoms with Gasteiger partial charge in [-0.2, -0.15) is 0 Å². The molecule has 1 aromatic rings. The van der Waals surface area contributed by atoms with Crippen molar-refractivity contribution < 1.29 is 24.0 Å². The number of carbonyl (C=O) groups is 2. The van der Waals surface area contributed by atoms with E-state index in [9.17, 15) is 9.59 Å². The van der Waals surface area contributed by atoms with Gasteiger partial charge in [0.2, 0.25) is 5.91 Å². The lowest BCUT2D eigenvalue weighted by atomic mass is 10.1. The highest BCUT2D eigenvalue weighted by atomic mass is 32.1. The van der Waals surface area contributed by atoms with Crippen molar-refractivity contribution in [3.8, 4) is 11.5 Å². The van der Waals surface area contributed by atoms with Gasteiger partial charge in [-0.25, -0.2) is 0 Å². The zero-order chi connectivity index (χ0) is 20.7. The van der Waals surface area contributed by atoms with Crippen molar-refractivity contribution in [1.82, 2.24) is 5.32 Å². The van der Waals surface area contributed by atoms with Crippen LogP contribution in [0.5, 0.6) is 11.5 Å². The maximum Gasteiger partial charge on any atom is 0.251 e. The van der Waals surface area contributed by atoms with Gasteiger partial charge in [-0.15, -0.1) is 0 Å². The van der Waals surface area contributed by atoms with E-state index in [0.717, 1.165) is 19.6 Å². The number of anilines is 1. The lowest BCUT2D eigenvalue weighted by Gasteiger charge is -2.31. The van der Waals surface area contributed by atoms with Crippen molar-refractivity contribution >= 4 is 41.0 Å². The van der Waals surface area contributed by atoms with Gasteiger partial charge in [0.05, 0.1) is 46.1 Å². The number of methoxy groups -OCH3 is 2. The molecule has 8 nitrogen and oxygen atoms in total. The summed E-state index contributed by atoms with van der Waals surface area (Å²) in [6, 6.07) is 5.03. The van der Waals surface area contributed by atoms with Crippen LogP contribution in [0.3, 0.4) is 0 Å². The minimum absolute atomic E-state index is 0.00112. The Morgan fingerprint density at radius 3 is 2.57 bits per heavy atom. The molecule has 2 amide bonds. The maximum atomic E-state index is 13.0. The Balaban J connectivity index is 2.24. The fourth-order valence-electron chi connectivity index (χ4n) is 2.93. The van der Waals surface area contributed by atoms with Crippen LogP contribution in [0.4, 0.5) is 5.69 Å². The molecular formula is C19H27N4O4S+. The molecular weight excluding hydrogens is 380 g/mol. The number of aliphatic imine (C=N–C) groups is 1. The van der Waals surface area contributed by atoms with Crippen LogP contribution in [-0.4, -0.2) is 63.5 Å². The number of hydrogen-bond acceptors (Lipinski definition) is 6. The number of thiocarbonyl (C=S) groups is 1. The number of nitrogens with zero attached hydrogens (tertiary/aromatic N) is 2. The van der Waals surface area contributed by atoms with Crippen molar-refractivity contribution in [2.75, 3.05) is 45.3 Å². The van der Waals surface area contributed by atoms with Gasteiger partial charge in [-0.3, -0.25) is 19.5 Å². The van der Waals surface area contributed by atoms with Gasteiger partial charge < -0.3 is 19.7 Å². The first-order valence-electron chi connectivity index (χ1n) is 9.21. The number of likely N-dealkylation sites (N-methyl/N-ethyl adjacent to an activating group) is 1. The normalized spacial score (nSPS) is 17.4. The molecule has 1 aromatic carbocycles. The summed E-state index contributed by atoms with van der Waals surface area (Å²) in [6.45, 7) is 7.62. The van der Waals surface area contributed by atoms with E-state index in [2.05, 4.69) is 24.2 Å². The summed E-state index contributed by atoms with van der Waals surface area (Å²) in [5.41, 5.74) is 0.405. The molecule has 1 atom stereocenters. The molecule has 0 bridgehead atoms. The molecule has 1 aliphatic heterocycles. The molecule has 1 fully saturated rings. The monoisotopic (exact) mass is 407 g/mol.